The van der Waals surface area contributed by atoms with Crippen LogP contribution in [0.1, 0.15) is 57.5 Å². The number of ether oxygens (including phenoxy) is 1. The normalized spacial score (nSPS) is 25.3. The molecule has 0 fully saturated rings. The first-order valence-electron chi connectivity index (χ1n) is 9.09. The molecular weight excluding hydrogens is 344 g/mol. The molecule has 0 aromatic carbocycles. The molecule has 3 heterocycles. The van der Waals surface area contributed by atoms with E-state index < -0.39 is 17.6 Å². The fraction of sp³-hybridized carbons (Fsp3) is 0.778. The van der Waals surface area contributed by atoms with Gasteiger partial charge in [0.05, 0.1) is 12.2 Å². The van der Waals surface area contributed by atoms with Gasteiger partial charge in [0.15, 0.2) is 0 Å². The number of carbonyl (C=O) groups excluding carboxylic acids is 1. The van der Waals surface area contributed by atoms with E-state index in [2.05, 4.69) is 5.10 Å². The average molecular weight is 371 g/mol. The number of aliphatic hydroxyl groups excluding tert-OH is 1. The van der Waals surface area contributed by atoms with Crippen molar-refractivity contribution < 1.29 is 23.4 Å². The first-order chi connectivity index (χ1) is 12.0. The van der Waals surface area contributed by atoms with Crippen LogP contribution in [-0.2, 0) is 30.2 Å². The molecule has 146 valence electrons. The van der Waals surface area contributed by atoms with Gasteiger partial charge in [0.2, 0.25) is 0 Å². The van der Waals surface area contributed by atoms with Crippen molar-refractivity contribution in [2.24, 2.45) is 5.92 Å². The molecule has 6 nitrogen and oxygen atoms in total. The van der Waals surface area contributed by atoms with E-state index in [0.717, 1.165) is 0 Å². The van der Waals surface area contributed by atoms with E-state index in [9.17, 15) is 18.7 Å². The summed E-state index contributed by atoms with van der Waals surface area (Å²) in [5.41, 5.74) is 0.290. The smallest absolute Gasteiger partial charge is 0.410 e. The highest BCUT2D eigenvalue weighted by Gasteiger charge is 2.45. The van der Waals surface area contributed by atoms with Crippen molar-refractivity contribution in [3.8, 4) is 0 Å². The largest absolute Gasteiger partial charge is 0.444 e. The molecule has 26 heavy (non-hydrogen) atoms. The average Bonchev–Trinajstić information content (AvgIpc) is 2.79. The maximum Gasteiger partial charge on any atom is 0.410 e. The van der Waals surface area contributed by atoms with Crippen LogP contribution in [0.3, 0.4) is 0 Å². The Hall–Kier alpha value is -1.70. The highest BCUT2D eigenvalue weighted by molar-refractivity contribution is 5.69. The second kappa shape index (κ2) is 6.48. The Morgan fingerprint density at radius 3 is 2.73 bits per heavy atom. The van der Waals surface area contributed by atoms with Gasteiger partial charge in [-0.1, -0.05) is 0 Å². The molecule has 1 N–H and O–H groups in total. The van der Waals surface area contributed by atoms with Gasteiger partial charge in [-0.15, -0.1) is 0 Å². The van der Waals surface area contributed by atoms with E-state index in [4.69, 9.17) is 4.74 Å². The maximum atomic E-state index is 14.8. The summed E-state index contributed by atoms with van der Waals surface area (Å²) in [7, 11) is 0. The molecule has 0 radical (unpaired) electrons. The van der Waals surface area contributed by atoms with Gasteiger partial charge in [-0.3, -0.25) is 4.68 Å². The second-order valence-electron chi connectivity index (χ2n) is 8.41. The van der Waals surface area contributed by atoms with Gasteiger partial charge >= 0.3 is 6.09 Å². The third-order valence-electron chi connectivity index (χ3n) is 5.01. The number of aliphatic hydroxyl groups is 1. The van der Waals surface area contributed by atoms with Crippen molar-refractivity contribution in [1.82, 2.24) is 14.7 Å². The minimum absolute atomic E-state index is 0.0696. The first-order valence-corrected chi connectivity index (χ1v) is 9.09. The summed E-state index contributed by atoms with van der Waals surface area (Å²) >= 11 is 0. The Morgan fingerprint density at radius 2 is 2.12 bits per heavy atom. The Balaban J connectivity index is 1.95. The SMILES string of the molecule is C[C@@H]1Cc2nn3c(c2CN1C(=O)OC(C)(C)C)C(F)(F)CCC(CO)C3. The summed E-state index contributed by atoms with van der Waals surface area (Å²) in [5.74, 6) is -3.26. The number of amides is 1. The van der Waals surface area contributed by atoms with E-state index in [-0.39, 0.29) is 50.2 Å². The van der Waals surface area contributed by atoms with Crippen molar-refractivity contribution in [3.05, 3.63) is 17.0 Å². The predicted molar refractivity (Wildman–Crippen MR) is 90.9 cm³/mol. The van der Waals surface area contributed by atoms with Gasteiger partial charge in [-0.05, 0) is 34.1 Å². The number of hydrogen-bond acceptors (Lipinski definition) is 4. The number of halogens is 2. The topological polar surface area (TPSA) is 67.6 Å². The molecule has 2 aliphatic rings. The van der Waals surface area contributed by atoms with Crippen molar-refractivity contribution in [2.75, 3.05) is 6.61 Å². The second-order valence-corrected chi connectivity index (χ2v) is 8.41. The molecule has 1 aromatic heterocycles. The van der Waals surface area contributed by atoms with Crippen molar-refractivity contribution in [2.45, 2.75) is 77.6 Å². The molecule has 1 unspecified atom stereocenters. The third-order valence-corrected chi connectivity index (χ3v) is 5.01. The molecule has 0 aliphatic carbocycles. The number of rotatable bonds is 1. The number of hydrogen-bond donors (Lipinski definition) is 1. The van der Waals surface area contributed by atoms with Crippen LogP contribution in [0, 0.1) is 5.92 Å². The fourth-order valence-electron chi connectivity index (χ4n) is 3.69. The van der Waals surface area contributed by atoms with Crippen LogP contribution in [-0.4, -0.2) is 44.1 Å². The van der Waals surface area contributed by atoms with Crippen molar-refractivity contribution in [3.63, 3.8) is 0 Å². The number of alkyl halides is 2. The zero-order chi connectivity index (χ0) is 19.3. The van der Waals surface area contributed by atoms with Crippen LogP contribution < -0.4 is 0 Å². The summed E-state index contributed by atoms with van der Waals surface area (Å²) in [6, 6.07) is -0.182. The Labute approximate surface area is 152 Å². The lowest BCUT2D eigenvalue weighted by molar-refractivity contribution is -0.0238. The van der Waals surface area contributed by atoms with Gasteiger partial charge in [0, 0.05) is 43.5 Å². The van der Waals surface area contributed by atoms with Crippen LogP contribution >= 0.6 is 0 Å². The third kappa shape index (κ3) is 3.56. The molecule has 0 saturated carbocycles. The van der Waals surface area contributed by atoms with Gasteiger partial charge in [0.25, 0.3) is 5.92 Å². The highest BCUT2D eigenvalue weighted by atomic mass is 19.3. The molecule has 3 rings (SSSR count). The summed E-state index contributed by atoms with van der Waals surface area (Å²) in [6.45, 7) is 7.40. The number of carbonyl (C=O) groups is 1. The standard InChI is InChI=1S/C18H27F2N3O3/c1-11-7-14-13(9-22(11)16(25)26-17(2,3)4)15-18(19,20)6-5-12(10-24)8-23(15)21-14/h11-12,24H,5-10H2,1-4H3/t11-,12?/m1/s1. The molecule has 1 aromatic rings. The molecule has 0 spiro atoms. The Bertz CT molecular complexity index is 697. The van der Waals surface area contributed by atoms with Gasteiger partial charge in [-0.25, -0.2) is 4.79 Å². The molecule has 8 heteroatoms. The lowest BCUT2D eigenvalue weighted by atomic mass is 9.96. The van der Waals surface area contributed by atoms with E-state index in [1.807, 2.05) is 6.92 Å². The molecule has 0 bridgehead atoms. The summed E-state index contributed by atoms with van der Waals surface area (Å²) in [6.07, 6.45) is -0.165. The van der Waals surface area contributed by atoms with Gasteiger partial charge < -0.3 is 14.7 Å². The van der Waals surface area contributed by atoms with Crippen LogP contribution in [0.15, 0.2) is 0 Å². The van der Waals surface area contributed by atoms with E-state index in [1.54, 1.807) is 20.8 Å². The Morgan fingerprint density at radius 1 is 1.42 bits per heavy atom. The van der Waals surface area contributed by atoms with Crippen LogP contribution in [0.4, 0.5) is 13.6 Å². The lowest BCUT2D eigenvalue weighted by Gasteiger charge is -2.35. The maximum absolute atomic E-state index is 14.8. The van der Waals surface area contributed by atoms with E-state index in [0.29, 0.717) is 17.7 Å². The Kier molecular flexibility index (Phi) is 4.75. The molecule has 0 saturated heterocycles. The minimum atomic E-state index is -3.02. The number of fused-ring (bicyclic) bond motifs is 3. The molecular formula is C18H27F2N3O3. The van der Waals surface area contributed by atoms with Crippen LogP contribution in [0.25, 0.3) is 0 Å². The zero-order valence-electron chi connectivity index (χ0n) is 15.8. The highest BCUT2D eigenvalue weighted by Crippen LogP contribution is 2.42. The first kappa shape index (κ1) is 19.1. The van der Waals surface area contributed by atoms with Crippen molar-refractivity contribution in [1.29, 1.82) is 0 Å². The monoisotopic (exact) mass is 371 g/mol. The van der Waals surface area contributed by atoms with Gasteiger partial charge in [-0.2, -0.15) is 13.9 Å². The summed E-state index contributed by atoms with van der Waals surface area (Å²) < 4.78 is 36.4. The lowest BCUT2D eigenvalue weighted by Crippen LogP contribution is -2.45. The molecule has 2 aliphatic heterocycles. The summed E-state index contributed by atoms with van der Waals surface area (Å²) in [4.78, 5) is 14.0. The van der Waals surface area contributed by atoms with E-state index >= 15 is 0 Å². The zero-order valence-corrected chi connectivity index (χ0v) is 15.8. The minimum Gasteiger partial charge on any atom is -0.444 e. The molecule has 1 amide bonds. The quantitative estimate of drug-likeness (QED) is 0.824. The van der Waals surface area contributed by atoms with Crippen LogP contribution in [0.5, 0.6) is 0 Å². The fourth-order valence-corrected chi connectivity index (χ4v) is 3.69. The van der Waals surface area contributed by atoms with Crippen LogP contribution in [0.2, 0.25) is 0 Å². The van der Waals surface area contributed by atoms with E-state index in [1.165, 1.54) is 9.58 Å². The number of aromatic nitrogens is 2. The molecule has 2 atom stereocenters. The number of nitrogens with zero attached hydrogens (tertiary/aromatic N) is 3. The van der Waals surface area contributed by atoms with Gasteiger partial charge in [0.1, 0.15) is 11.3 Å². The van der Waals surface area contributed by atoms with Crippen molar-refractivity contribution >= 4 is 6.09 Å². The summed E-state index contributed by atoms with van der Waals surface area (Å²) in [5, 5.41) is 13.8. The predicted octanol–water partition coefficient (Wildman–Crippen LogP) is 3.06.